The number of ether oxygens (including phenoxy) is 1. The minimum Gasteiger partial charge on any atom is -0.493 e. The van der Waals surface area contributed by atoms with E-state index in [1.165, 1.54) is 49.0 Å². The van der Waals surface area contributed by atoms with Crippen LogP contribution in [-0.2, 0) is 16.8 Å². The SMILES string of the molecule is CCOc1ccc(C23CC4CC(CC(C4)C2)C3)cc1/C=C1\SC(=O)N(Cc2cccc(C)c2)C1=O. The van der Waals surface area contributed by atoms with Gasteiger partial charge in [0.05, 0.1) is 18.1 Å². The Balaban J connectivity index is 1.31. The van der Waals surface area contributed by atoms with E-state index < -0.39 is 0 Å². The highest BCUT2D eigenvalue weighted by atomic mass is 32.2. The first-order valence-electron chi connectivity index (χ1n) is 13.0. The summed E-state index contributed by atoms with van der Waals surface area (Å²) in [5, 5.41) is -0.210. The standard InChI is InChI=1S/C30H33NO3S/c1-3-34-26-8-7-25(30-15-21-10-22(16-30)12-23(11-21)17-30)13-24(26)14-27-28(32)31(29(33)35-27)18-20-6-4-5-19(2)9-20/h4-9,13-14,21-23H,3,10-12,15-18H2,1-2H3/b27-14-. The lowest BCUT2D eigenvalue weighted by molar-refractivity contribution is -0.123. The van der Waals surface area contributed by atoms with Crippen molar-refractivity contribution in [1.29, 1.82) is 0 Å². The number of amides is 2. The first-order valence-corrected chi connectivity index (χ1v) is 13.8. The number of thioether (sulfide) groups is 1. The molecule has 4 saturated carbocycles. The molecule has 1 heterocycles. The minimum atomic E-state index is -0.218. The fourth-order valence-electron chi connectivity index (χ4n) is 7.51. The maximum atomic E-state index is 13.3. The van der Waals surface area contributed by atoms with Crippen LogP contribution in [0.3, 0.4) is 0 Å². The molecule has 1 saturated heterocycles. The summed E-state index contributed by atoms with van der Waals surface area (Å²) in [6.45, 7) is 4.86. The first kappa shape index (κ1) is 22.9. The second-order valence-electron chi connectivity index (χ2n) is 11.1. The van der Waals surface area contributed by atoms with E-state index in [2.05, 4.69) is 18.2 Å². The van der Waals surface area contributed by atoms with Gasteiger partial charge in [-0.3, -0.25) is 14.5 Å². The van der Waals surface area contributed by atoms with Crippen LogP contribution in [0.1, 0.15) is 67.7 Å². The zero-order chi connectivity index (χ0) is 24.2. The van der Waals surface area contributed by atoms with Gasteiger partial charge in [0.1, 0.15) is 5.75 Å². The molecule has 0 aromatic heterocycles. The molecule has 2 aromatic carbocycles. The maximum Gasteiger partial charge on any atom is 0.293 e. The van der Waals surface area contributed by atoms with E-state index in [4.69, 9.17) is 4.74 Å². The molecule has 2 aromatic rings. The van der Waals surface area contributed by atoms with E-state index in [1.807, 2.05) is 44.2 Å². The third-order valence-corrected chi connectivity index (χ3v) is 9.45. The Kier molecular flexibility index (Phi) is 5.79. The van der Waals surface area contributed by atoms with Gasteiger partial charge in [0.2, 0.25) is 0 Å². The molecule has 0 atom stereocenters. The number of carbonyl (C=O) groups excluding carboxylic acids is 2. The van der Waals surface area contributed by atoms with Crippen LogP contribution in [-0.4, -0.2) is 22.7 Å². The van der Waals surface area contributed by atoms with Gasteiger partial charge < -0.3 is 4.74 Å². The van der Waals surface area contributed by atoms with Crippen LogP contribution in [0.2, 0.25) is 0 Å². The average molecular weight is 488 g/mol. The molecule has 2 amide bonds. The summed E-state index contributed by atoms with van der Waals surface area (Å²) in [5.74, 6) is 3.17. The fourth-order valence-corrected chi connectivity index (χ4v) is 8.34. The summed E-state index contributed by atoms with van der Waals surface area (Å²) in [5.41, 5.74) is 4.67. The zero-order valence-corrected chi connectivity index (χ0v) is 21.4. The average Bonchev–Trinajstić information content (AvgIpc) is 3.07. The molecule has 182 valence electrons. The molecule has 7 rings (SSSR count). The van der Waals surface area contributed by atoms with E-state index >= 15 is 0 Å². The molecule has 4 bridgehead atoms. The number of nitrogens with zero attached hydrogens (tertiary/aromatic N) is 1. The summed E-state index contributed by atoms with van der Waals surface area (Å²) < 4.78 is 5.96. The maximum absolute atomic E-state index is 13.3. The summed E-state index contributed by atoms with van der Waals surface area (Å²) in [4.78, 5) is 27.9. The van der Waals surface area contributed by atoms with Crippen molar-refractivity contribution in [1.82, 2.24) is 4.90 Å². The van der Waals surface area contributed by atoms with E-state index in [-0.39, 0.29) is 16.6 Å². The highest BCUT2D eigenvalue weighted by Crippen LogP contribution is 2.61. The van der Waals surface area contributed by atoms with Crippen LogP contribution >= 0.6 is 11.8 Å². The third kappa shape index (κ3) is 4.22. The lowest BCUT2D eigenvalue weighted by Crippen LogP contribution is -2.48. The van der Waals surface area contributed by atoms with Crippen LogP contribution in [0.15, 0.2) is 47.4 Å². The van der Waals surface area contributed by atoms with Crippen molar-refractivity contribution in [2.75, 3.05) is 6.61 Å². The third-order valence-electron chi connectivity index (χ3n) is 8.54. The quantitative estimate of drug-likeness (QED) is 0.408. The fraction of sp³-hybridized carbons (Fsp3) is 0.467. The van der Waals surface area contributed by atoms with Crippen molar-refractivity contribution in [3.63, 3.8) is 0 Å². The van der Waals surface area contributed by atoms with Crippen molar-refractivity contribution in [2.24, 2.45) is 17.8 Å². The largest absolute Gasteiger partial charge is 0.493 e. The zero-order valence-electron chi connectivity index (χ0n) is 20.6. The van der Waals surface area contributed by atoms with Crippen molar-refractivity contribution in [3.8, 4) is 5.75 Å². The normalized spacial score (nSPS) is 30.5. The summed E-state index contributed by atoms with van der Waals surface area (Å²) in [6, 6.07) is 14.6. The van der Waals surface area contributed by atoms with Crippen molar-refractivity contribution in [3.05, 3.63) is 69.6 Å². The molecule has 5 heteroatoms. The number of aryl methyl sites for hydroxylation is 1. The molecular weight excluding hydrogens is 454 g/mol. The van der Waals surface area contributed by atoms with Gasteiger partial charge in [0, 0.05) is 5.56 Å². The van der Waals surface area contributed by atoms with Crippen molar-refractivity contribution >= 4 is 29.0 Å². The molecule has 4 aliphatic carbocycles. The second kappa shape index (κ2) is 8.85. The Morgan fingerprint density at radius 1 is 1.03 bits per heavy atom. The Morgan fingerprint density at radius 3 is 2.40 bits per heavy atom. The van der Waals surface area contributed by atoms with Crippen molar-refractivity contribution < 1.29 is 14.3 Å². The summed E-state index contributed by atoms with van der Waals surface area (Å²) in [7, 11) is 0. The first-order chi connectivity index (χ1) is 16.9. The van der Waals surface area contributed by atoms with Crippen LogP contribution in [0.4, 0.5) is 4.79 Å². The van der Waals surface area contributed by atoms with E-state index in [1.54, 1.807) is 0 Å². The van der Waals surface area contributed by atoms with Crippen LogP contribution in [0, 0.1) is 24.7 Å². The van der Waals surface area contributed by atoms with Gasteiger partial charge in [-0.25, -0.2) is 0 Å². The monoisotopic (exact) mass is 487 g/mol. The van der Waals surface area contributed by atoms with E-state index in [0.717, 1.165) is 52.0 Å². The molecule has 0 N–H and O–H groups in total. The number of rotatable bonds is 6. The molecule has 0 unspecified atom stereocenters. The molecule has 5 aliphatic rings. The van der Waals surface area contributed by atoms with Gasteiger partial charge >= 0.3 is 0 Å². The Labute approximate surface area is 212 Å². The van der Waals surface area contributed by atoms with Gasteiger partial charge in [0.15, 0.2) is 0 Å². The molecule has 0 spiro atoms. The highest BCUT2D eigenvalue weighted by Gasteiger charge is 2.51. The molecule has 1 aliphatic heterocycles. The highest BCUT2D eigenvalue weighted by molar-refractivity contribution is 8.18. The van der Waals surface area contributed by atoms with Gasteiger partial charge in [-0.2, -0.15) is 0 Å². The predicted molar refractivity (Wildman–Crippen MR) is 140 cm³/mol. The van der Waals surface area contributed by atoms with Gasteiger partial charge in [-0.05, 0) is 117 Å². The number of hydrogen-bond donors (Lipinski definition) is 0. The van der Waals surface area contributed by atoms with Crippen LogP contribution in [0.5, 0.6) is 5.75 Å². The molecular formula is C30H33NO3S. The topological polar surface area (TPSA) is 46.6 Å². The number of imide groups is 1. The second-order valence-corrected chi connectivity index (χ2v) is 12.1. The summed E-state index contributed by atoms with van der Waals surface area (Å²) >= 11 is 1.04. The molecule has 0 radical (unpaired) electrons. The van der Waals surface area contributed by atoms with Crippen LogP contribution in [0.25, 0.3) is 6.08 Å². The van der Waals surface area contributed by atoms with E-state index in [9.17, 15) is 9.59 Å². The van der Waals surface area contributed by atoms with E-state index in [0.29, 0.717) is 18.1 Å². The molecule has 35 heavy (non-hydrogen) atoms. The lowest BCUT2D eigenvalue weighted by Gasteiger charge is -2.57. The summed E-state index contributed by atoms with van der Waals surface area (Å²) in [6.07, 6.45) is 10.0. The van der Waals surface area contributed by atoms with Gasteiger partial charge in [0.25, 0.3) is 11.1 Å². The lowest BCUT2D eigenvalue weighted by atomic mass is 9.48. The van der Waals surface area contributed by atoms with Gasteiger partial charge in [-0.15, -0.1) is 0 Å². The number of hydrogen-bond acceptors (Lipinski definition) is 4. The number of benzene rings is 2. The minimum absolute atomic E-state index is 0.210. The van der Waals surface area contributed by atoms with Crippen LogP contribution < -0.4 is 4.74 Å². The predicted octanol–water partition coefficient (Wildman–Crippen LogP) is 7.10. The Hall–Kier alpha value is -2.53. The molecule has 5 fully saturated rings. The Morgan fingerprint density at radius 2 is 1.74 bits per heavy atom. The smallest absolute Gasteiger partial charge is 0.293 e. The molecule has 4 nitrogen and oxygen atoms in total. The van der Waals surface area contributed by atoms with Crippen molar-refractivity contribution in [2.45, 2.75) is 64.3 Å². The Bertz CT molecular complexity index is 1180. The number of carbonyl (C=O) groups is 2. The van der Waals surface area contributed by atoms with Gasteiger partial charge in [-0.1, -0.05) is 35.9 Å².